The summed E-state index contributed by atoms with van der Waals surface area (Å²) in [6.07, 6.45) is 3.75. The van der Waals surface area contributed by atoms with E-state index < -0.39 is 0 Å². The number of carbonyl (C=O) groups excluding carboxylic acids is 1. The fraction of sp³-hybridized carbons (Fsp3) is 0.500. The molecule has 0 bridgehead atoms. The Balaban J connectivity index is 1.73. The average molecular weight is 247 g/mol. The molecule has 0 saturated carbocycles. The van der Waals surface area contributed by atoms with Gasteiger partial charge in [-0.15, -0.1) is 10.2 Å². The summed E-state index contributed by atoms with van der Waals surface area (Å²) < 4.78 is 0. The predicted molar refractivity (Wildman–Crippen MR) is 60.6 cm³/mol. The van der Waals surface area contributed by atoms with E-state index in [-0.39, 0.29) is 11.7 Å². The molecule has 0 spiro atoms. The predicted octanol–water partition coefficient (Wildman–Crippen LogP) is -0.0574. The van der Waals surface area contributed by atoms with Crippen LogP contribution in [-0.4, -0.2) is 54.7 Å². The number of tetrazole rings is 1. The van der Waals surface area contributed by atoms with Crippen LogP contribution in [0.2, 0.25) is 0 Å². The van der Waals surface area contributed by atoms with E-state index >= 15 is 0 Å². The molecule has 1 fully saturated rings. The fourth-order valence-corrected chi connectivity index (χ4v) is 2.30. The Morgan fingerprint density at radius 3 is 3.17 bits per heavy atom. The summed E-state index contributed by atoms with van der Waals surface area (Å²) in [7, 11) is 0. The molecule has 0 aromatic carbocycles. The largest absolute Gasteiger partial charge is 0.335 e. The van der Waals surface area contributed by atoms with Gasteiger partial charge in [0, 0.05) is 30.9 Å². The Labute approximate surface area is 103 Å². The lowest BCUT2D eigenvalue weighted by atomic mass is 9.95. The lowest BCUT2D eigenvalue weighted by Crippen LogP contribution is -2.39. The highest BCUT2D eigenvalue weighted by molar-refractivity contribution is 5.90. The maximum Gasteiger partial charge on any atom is 0.295 e. The van der Waals surface area contributed by atoms with Crippen LogP contribution in [0.15, 0.2) is 12.3 Å². The van der Waals surface area contributed by atoms with Crippen LogP contribution < -0.4 is 0 Å². The smallest absolute Gasteiger partial charge is 0.295 e. The fourth-order valence-electron chi connectivity index (χ4n) is 2.30. The van der Waals surface area contributed by atoms with Gasteiger partial charge in [-0.25, -0.2) is 0 Å². The molecule has 1 aliphatic rings. The van der Waals surface area contributed by atoms with Crippen LogP contribution in [0.25, 0.3) is 0 Å². The van der Waals surface area contributed by atoms with Gasteiger partial charge in [-0.05, 0) is 24.1 Å². The van der Waals surface area contributed by atoms with Crippen LogP contribution >= 0.6 is 0 Å². The number of aromatic nitrogens is 6. The van der Waals surface area contributed by atoms with Gasteiger partial charge in [0.2, 0.25) is 0 Å². The minimum atomic E-state index is -0.173. The molecule has 2 aromatic heterocycles. The van der Waals surface area contributed by atoms with Crippen molar-refractivity contribution >= 4 is 5.91 Å². The normalized spacial score (nSPS) is 20.0. The Kier molecular flexibility index (Phi) is 2.75. The summed E-state index contributed by atoms with van der Waals surface area (Å²) in [4.78, 5) is 13.9. The van der Waals surface area contributed by atoms with Gasteiger partial charge < -0.3 is 4.90 Å². The van der Waals surface area contributed by atoms with Crippen molar-refractivity contribution in [3.05, 3.63) is 23.8 Å². The molecule has 1 aliphatic heterocycles. The Morgan fingerprint density at radius 2 is 2.44 bits per heavy atom. The molecule has 94 valence electrons. The van der Waals surface area contributed by atoms with Gasteiger partial charge in [-0.1, -0.05) is 0 Å². The number of rotatable bonds is 2. The molecule has 2 N–H and O–H groups in total. The van der Waals surface area contributed by atoms with Crippen molar-refractivity contribution in [1.29, 1.82) is 0 Å². The topological polar surface area (TPSA) is 103 Å². The van der Waals surface area contributed by atoms with Gasteiger partial charge in [-0.3, -0.25) is 9.89 Å². The number of H-pyrrole nitrogens is 2. The molecule has 1 atom stereocenters. The number of nitrogens with one attached hydrogen (secondary N) is 2. The number of amides is 1. The maximum absolute atomic E-state index is 12.1. The third-order valence-electron chi connectivity index (χ3n) is 3.21. The van der Waals surface area contributed by atoms with E-state index in [9.17, 15) is 4.79 Å². The first-order valence-electron chi connectivity index (χ1n) is 5.86. The van der Waals surface area contributed by atoms with Crippen molar-refractivity contribution < 1.29 is 4.79 Å². The number of hydrogen-bond acceptors (Lipinski definition) is 5. The number of hydrogen-bond donors (Lipinski definition) is 2. The summed E-state index contributed by atoms with van der Waals surface area (Å²) >= 11 is 0. The highest BCUT2D eigenvalue weighted by Gasteiger charge is 2.27. The molecule has 8 nitrogen and oxygen atoms in total. The van der Waals surface area contributed by atoms with Gasteiger partial charge in [-0.2, -0.15) is 10.3 Å². The summed E-state index contributed by atoms with van der Waals surface area (Å²) in [5.74, 6) is 0.255. The van der Waals surface area contributed by atoms with E-state index in [2.05, 4.69) is 30.8 Å². The first-order valence-corrected chi connectivity index (χ1v) is 5.86. The molecule has 1 unspecified atom stereocenters. The molecular weight excluding hydrogens is 234 g/mol. The molecule has 0 aliphatic carbocycles. The maximum atomic E-state index is 12.1. The van der Waals surface area contributed by atoms with E-state index in [0.29, 0.717) is 12.5 Å². The number of piperidine rings is 1. The summed E-state index contributed by atoms with van der Waals surface area (Å²) in [6, 6.07) is 1.95. The van der Waals surface area contributed by atoms with Crippen molar-refractivity contribution in [3.63, 3.8) is 0 Å². The Morgan fingerprint density at radius 1 is 1.50 bits per heavy atom. The zero-order valence-electron chi connectivity index (χ0n) is 9.70. The van der Waals surface area contributed by atoms with Gasteiger partial charge in [0.1, 0.15) is 0 Å². The second kappa shape index (κ2) is 4.55. The molecule has 1 amide bonds. The minimum absolute atomic E-state index is 0.125. The van der Waals surface area contributed by atoms with Crippen molar-refractivity contribution in [1.82, 2.24) is 35.7 Å². The van der Waals surface area contributed by atoms with Crippen LogP contribution in [0.1, 0.15) is 35.1 Å². The van der Waals surface area contributed by atoms with E-state index in [1.165, 1.54) is 0 Å². The molecule has 8 heteroatoms. The van der Waals surface area contributed by atoms with Gasteiger partial charge >= 0.3 is 0 Å². The van der Waals surface area contributed by atoms with E-state index in [0.717, 1.165) is 25.1 Å². The van der Waals surface area contributed by atoms with Gasteiger partial charge in [0.15, 0.2) is 0 Å². The highest BCUT2D eigenvalue weighted by atomic mass is 16.2. The van der Waals surface area contributed by atoms with Crippen LogP contribution in [0.5, 0.6) is 0 Å². The summed E-state index contributed by atoms with van der Waals surface area (Å²) in [5, 5.41) is 20.1. The first-order chi connectivity index (χ1) is 8.84. The number of nitrogens with zero attached hydrogens (tertiary/aromatic N) is 5. The molecule has 3 heterocycles. The first kappa shape index (κ1) is 10.9. The van der Waals surface area contributed by atoms with E-state index in [1.807, 2.05) is 6.07 Å². The van der Waals surface area contributed by atoms with Crippen molar-refractivity contribution in [3.8, 4) is 0 Å². The number of carbonyl (C=O) groups is 1. The summed E-state index contributed by atoms with van der Waals surface area (Å²) in [5.41, 5.74) is 1.07. The van der Waals surface area contributed by atoms with Crippen LogP contribution in [0.3, 0.4) is 0 Å². The van der Waals surface area contributed by atoms with Gasteiger partial charge in [0.25, 0.3) is 11.7 Å². The molecular formula is C10H13N7O. The number of aromatic amines is 2. The van der Waals surface area contributed by atoms with Gasteiger partial charge in [0.05, 0.1) is 0 Å². The lowest BCUT2D eigenvalue weighted by molar-refractivity contribution is 0.0693. The molecule has 3 rings (SSSR count). The SMILES string of the molecule is O=C(c1nn[nH]n1)N1CCCC(c2ccn[nH]2)C1. The standard InChI is InChI=1S/C10H13N7O/c18-10(9-13-15-16-14-9)17-5-1-2-7(6-17)8-3-4-11-12-8/h3-4,7H,1-2,5-6H2,(H,11,12)(H,13,14,15,16). The lowest BCUT2D eigenvalue weighted by Gasteiger charge is -2.31. The summed E-state index contributed by atoms with van der Waals surface area (Å²) in [6.45, 7) is 1.40. The van der Waals surface area contributed by atoms with Crippen LogP contribution in [0, 0.1) is 0 Å². The second-order valence-electron chi connectivity index (χ2n) is 4.34. The van der Waals surface area contributed by atoms with E-state index in [4.69, 9.17) is 0 Å². The molecule has 2 aromatic rings. The zero-order chi connectivity index (χ0) is 12.4. The zero-order valence-corrected chi connectivity index (χ0v) is 9.70. The van der Waals surface area contributed by atoms with Crippen molar-refractivity contribution in [2.45, 2.75) is 18.8 Å². The minimum Gasteiger partial charge on any atom is -0.335 e. The molecule has 1 saturated heterocycles. The quantitative estimate of drug-likeness (QED) is 0.774. The van der Waals surface area contributed by atoms with Crippen LogP contribution in [-0.2, 0) is 0 Å². The van der Waals surface area contributed by atoms with Crippen molar-refractivity contribution in [2.75, 3.05) is 13.1 Å². The van der Waals surface area contributed by atoms with Crippen molar-refractivity contribution in [2.24, 2.45) is 0 Å². The average Bonchev–Trinajstić information content (AvgIpc) is 3.11. The molecule has 0 radical (unpaired) electrons. The Bertz CT molecular complexity index is 506. The number of likely N-dealkylation sites (tertiary alicyclic amines) is 1. The Hall–Kier alpha value is -2.25. The van der Waals surface area contributed by atoms with E-state index in [1.54, 1.807) is 11.1 Å². The third-order valence-corrected chi connectivity index (χ3v) is 3.21. The highest BCUT2D eigenvalue weighted by Crippen LogP contribution is 2.25. The third kappa shape index (κ3) is 1.96. The molecule has 18 heavy (non-hydrogen) atoms. The second-order valence-corrected chi connectivity index (χ2v) is 4.34. The van der Waals surface area contributed by atoms with Crippen LogP contribution in [0.4, 0.5) is 0 Å². The monoisotopic (exact) mass is 247 g/mol.